The van der Waals surface area contributed by atoms with Crippen LogP contribution in [0.15, 0.2) is 23.2 Å². The summed E-state index contributed by atoms with van der Waals surface area (Å²) in [7, 11) is 0. The summed E-state index contributed by atoms with van der Waals surface area (Å²) in [6.07, 6.45) is 2.31. The first-order chi connectivity index (χ1) is 12.6. The molecule has 146 valence electrons. The van der Waals surface area contributed by atoms with Gasteiger partial charge in [0.1, 0.15) is 5.82 Å². The molecule has 6 heteroatoms. The van der Waals surface area contributed by atoms with Crippen LogP contribution < -0.4 is 15.5 Å². The first-order valence-corrected chi connectivity index (χ1v) is 9.73. The largest absolute Gasteiger partial charge is 0.378 e. The minimum Gasteiger partial charge on any atom is -0.378 e. The van der Waals surface area contributed by atoms with E-state index in [2.05, 4.69) is 29.5 Å². The van der Waals surface area contributed by atoms with Crippen molar-refractivity contribution in [1.29, 1.82) is 0 Å². The van der Waals surface area contributed by atoms with Gasteiger partial charge < -0.3 is 20.3 Å². The highest BCUT2D eigenvalue weighted by Gasteiger charge is 2.15. The van der Waals surface area contributed by atoms with Crippen LogP contribution in [-0.2, 0) is 11.3 Å². The molecule has 2 rings (SSSR count). The van der Waals surface area contributed by atoms with E-state index in [1.54, 1.807) is 6.07 Å². The lowest BCUT2D eigenvalue weighted by Crippen LogP contribution is -2.37. The van der Waals surface area contributed by atoms with E-state index in [9.17, 15) is 4.39 Å². The van der Waals surface area contributed by atoms with Crippen LogP contribution in [0.5, 0.6) is 0 Å². The third-order valence-corrected chi connectivity index (χ3v) is 4.38. The molecule has 0 spiro atoms. The Morgan fingerprint density at radius 2 is 2.04 bits per heavy atom. The van der Waals surface area contributed by atoms with Crippen LogP contribution in [0.1, 0.15) is 39.2 Å². The summed E-state index contributed by atoms with van der Waals surface area (Å²) in [6.45, 7) is 11.4. The molecule has 1 aliphatic rings. The van der Waals surface area contributed by atoms with E-state index >= 15 is 0 Å². The van der Waals surface area contributed by atoms with E-state index < -0.39 is 0 Å². The number of guanidine groups is 1. The van der Waals surface area contributed by atoms with Gasteiger partial charge in [-0.1, -0.05) is 19.9 Å². The molecule has 0 atom stereocenters. The number of hydrogen-bond acceptors (Lipinski definition) is 3. The van der Waals surface area contributed by atoms with E-state index in [0.29, 0.717) is 31.4 Å². The van der Waals surface area contributed by atoms with E-state index in [4.69, 9.17) is 4.74 Å². The molecule has 1 aromatic rings. The fraction of sp³-hybridized carbons (Fsp3) is 0.650. The number of morpholine rings is 1. The molecule has 1 aliphatic heterocycles. The maximum Gasteiger partial charge on any atom is 0.191 e. The van der Waals surface area contributed by atoms with Crippen molar-refractivity contribution >= 4 is 11.6 Å². The second-order valence-electron chi connectivity index (χ2n) is 7.04. The molecule has 0 bridgehead atoms. The van der Waals surface area contributed by atoms with Crippen molar-refractivity contribution < 1.29 is 9.13 Å². The number of nitrogens with zero attached hydrogens (tertiary/aromatic N) is 2. The lowest BCUT2D eigenvalue weighted by atomic mass is 10.1. The van der Waals surface area contributed by atoms with Gasteiger partial charge in [0.15, 0.2) is 5.96 Å². The first kappa shape index (κ1) is 20.5. The van der Waals surface area contributed by atoms with Crippen LogP contribution in [-0.4, -0.2) is 45.4 Å². The Bertz CT molecular complexity index is 571. The predicted molar refractivity (Wildman–Crippen MR) is 106 cm³/mol. The van der Waals surface area contributed by atoms with Crippen molar-refractivity contribution in [2.45, 2.75) is 40.2 Å². The summed E-state index contributed by atoms with van der Waals surface area (Å²) < 4.78 is 19.8. The Morgan fingerprint density at radius 3 is 2.69 bits per heavy atom. The minimum atomic E-state index is -0.186. The normalized spacial score (nSPS) is 15.4. The third-order valence-electron chi connectivity index (χ3n) is 4.38. The standard InChI is InChI=1S/C20H33FN4O/c1-4-22-20(23-9-5-6-16(2)3)24-15-17-7-8-19(18(21)14-17)25-10-12-26-13-11-25/h7-8,14,16H,4-6,9-13,15H2,1-3H3,(H2,22,23,24). The van der Waals surface area contributed by atoms with E-state index in [-0.39, 0.29) is 5.82 Å². The number of halogens is 1. The number of hydrogen-bond donors (Lipinski definition) is 2. The van der Waals surface area contributed by atoms with Gasteiger partial charge in [0.25, 0.3) is 0 Å². The van der Waals surface area contributed by atoms with Crippen molar-refractivity contribution in [2.75, 3.05) is 44.3 Å². The zero-order valence-corrected chi connectivity index (χ0v) is 16.4. The topological polar surface area (TPSA) is 48.9 Å². The molecule has 1 aromatic carbocycles. The van der Waals surface area contributed by atoms with Crippen molar-refractivity contribution in [3.63, 3.8) is 0 Å². The third kappa shape index (κ3) is 6.83. The van der Waals surface area contributed by atoms with Gasteiger partial charge >= 0.3 is 0 Å². The molecule has 0 saturated carbocycles. The smallest absolute Gasteiger partial charge is 0.191 e. The number of nitrogens with one attached hydrogen (secondary N) is 2. The van der Waals surface area contributed by atoms with Gasteiger partial charge in [-0.2, -0.15) is 0 Å². The van der Waals surface area contributed by atoms with Crippen molar-refractivity contribution in [3.05, 3.63) is 29.6 Å². The maximum atomic E-state index is 14.5. The van der Waals surface area contributed by atoms with Gasteiger partial charge in [-0.15, -0.1) is 0 Å². The zero-order chi connectivity index (χ0) is 18.8. The molecular formula is C20H33FN4O. The average Bonchev–Trinajstić information content (AvgIpc) is 2.63. The van der Waals surface area contributed by atoms with E-state index in [0.717, 1.165) is 44.1 Å². The summed E-state index contributed by atoms with van der Waals surface area (Å²) in [5.74, 6) is 1.31. The summed E-state index contributed by atoms with van der Waals surface area (Å²) in [5, 5.41) is 6.59. The molecule has 0 radical (unpaired) electrons. The van der Waals surface area contributed by atoms with Crippen LogP contribution >= 0.6 is 0 Å². The van der Waals surface area contributed by atoms with Crippen LogP contribution in [0.25, 0.3) is 0 Å². The minimum absolute atomic E-state index is 0.186. The van der Waals surface area contributed by atoms with Gasteiger partial charge in [0.05, 0.1) is 25.4 Å². The quantitative estimate of drug-likeness (QED) is 0.423. The number of anilines is 1. The van der Waals surface area contributed by atoms with Gasteiger partial charge in [0, 0.05) is 26.2 Å². The molecule has 26 heavy (non-hydrogen) atoms. The van der Waals surface area contributed by atoms with Crippen molar-refractivity contribution in [3.8, 4) is 0 Å². The lowest BCUT2D eigenvalue weighted by Gasteiger charge is -2.29. The Hall–Kier alpha value is -1.82. The summed E-state index contributed by atoms with van der Waals surface area (Å²) in [6, 6.07) is 5.41. The second kappa shape index (κ2) is 11.0. The Morgan fingerprint density at radius 1 is 1.27 bits per heavy atom. The van der Waals surface area contributed by atoms with Crippen LogP contribution in [0.3, 0.4) is 0 Å². The van der Waals surface area contributed by atoms with Crippen molar-refractivity contribution in [2.24, 2.45) is 10.9 Å². The Balaban J connectivity index is 1.92. The van der Waals surface area contributed by atoms with Crippen LogP contribution in [0, 0.1) is 11.7 Å². The lowest BCUT2D eigenvalue weighted by molar-refractivity contribution is 0.122. The van der Waals surface area contributed by atoms with Gasteiger partial charge in [-0.3, -0.25) is 0 Å². The highest BCUT2D eigenvalue weighted by molar-refractivity contribution is 5.79. The monoisotopic (exact) mass is 364 g/mol. The van der Waals surface area contributed by atoms with E-state index in [1.165, 1.54) is 6.42 Å². The Labute approximate surface area is 157 Å². The summed E-state index contributed by atoms with van der Waals surface area (Å²) in [4.78, 5) is 6.61. The van der Waals surface area contributed by atoms with E-state index in [1.807, 2.05) is 24.0 Å². The highest BCUT2D eigenvalue weighted by atomic mass is 19.1. The number of ether oxygens (including phenoxy) is 1. The van der Waals surface area contributed by atoms with Gasteiger partial charge in [-0.05, 0) is 43.4 Å². The number of aliphatic imine (C=N–C) groups is 1. The van der Waals surface area contributed by atoms with Gasteiger partial charge in [-0.25, -0.2) is 9.38 Å². The summed E-state index contributed by atoms with van der Waals surface area (Å²) >= 11 is 0. The van der Waals surface area contributed by atoms with Crippen molar-refractivity contribution in [1.82, 2.24) is 10.6 Å². The molecule has 1 saturated heterocycles. The molecular weight excluding hydrogens is 331 g/mol. The SMILES string of the molecule is CCNC(=NCc1ccc(N2CCOCC2)c(F)c1)NCCCC(C)C. The number of rotatable bonds is 8. The fourth-order valence-corrected chi connectivity index (χ4v) is 2.94. The molecule has 0 aliphatic carbocycles. The average molecular weight is 365 g/mol. The molecule has 1 fully saturated rings. The summed E-state index contributed by atoms with van der Waals surface area (Å²) in [5.41, 5.74) is 1.53. The van der Waals surface area contributed by atoms with Gasteiger partial charge in [0.2, 0.25) is 0 Å². The zero-order valence-electron chi connectivity index (χ0n) is 16.4. The molecule has 2 N–H and O–H groups in total. The highest BCUT2D eigenvalue weighted by Crippen LogP contribution is 2.21. The fourth-order valence-electron chi connectivity index (χ4n) is 2.94. The first-order valence-electron chi connectivity index (χ1n) is 9.73. The second-order valence-corrected chi connectivity index (χ2v) is 7.04. The molecule has 0 amide bonds. The molecule has 0 unspecified atom stereocenters. The predicted octanol–water partition coefficient (Wildman–Crippen LogP) is 3.15. The van der Waals surface area contributed by atoms with Crippen LogP contribution in [0.4, 0.5) is 10.1 Å². The number of benzene rings is 1. The molecule has 0 aromatic heterocycles. The maximum absolute atomic E-state index is 14.5. The Kier molecular flexibility index (Phi) is 8.68. The molecule has 1 heterocycles. The molecule has 5 nitrogen and oxygen atoms in total. The van der Waals surface area contributed by atoms with Crippen LogP contribution in [0.2, 0.25) is 0 Å².